The first-order valence-electron chi connectivity index (χ1n) is 11.0. The molecule has 1 aliphatic carbocycles. The minimum absolute atomic E-state index is 0.138. The molecule has 0 radical (unpaired) electrons. The molecular formula is C25H28N2O4S. The van der Waals surface area contributed by atoms with Gasteiger partial charge in [0.25, 0.3) is 5.91 Å². The van der Waals surface area contributed by atoms with Crippen LogP contribution in [0.15, 0.2) is 64.6 Å². The number of nitrogens with one attached hydrogen (secondary N) is 1. The maximum absolute atomic E-state index is 13.6. The summed E-state index contributed by atoms with van der Waals surface area (Å²) >= 11 is 1.36. The molecule has 2 heterocycles. The molecule has 0 unspecified atom stereocenters. The maximum Gasteiger partial charge on any atom is 0.265 e. The zero-order chi connectivity index (χ0) is 22.3. The van der Waals surface area contributed by atoms with Crippen molar-refractivity contribution in [1.29, 1.82) is 0 Å². The number of amides is 2. The van der Waals surface area contributed by atoms with Crippen molar-refractivity contribution in [2.75, 3.05) is 7.11 Å². The topological polar surface area (TPSA) is 71.8 Å². The number of rotatable bonds is 8. The smallest absolute Gasteiger partial charge is 0.265 e. The lowest BCUT2D eigenvalue weighted by molar-refractivity contribution is -0.127. The highest BCUT2D eigenvalue weighted by Gasteiger charge is 2.34. The Bertz CT molecular complexity index is 993. The summed E-state index contributed by atoms with van der Waals surface area (Å²) in [6.07, 6.45) is 6.95. The Balaban J connectivity index is 1.70. The summed E-state index contributed by atoms with van der Waals surface area (Å²) < 4.78 is 10.8. The van der Waals surface area contributed by atoms with Crippen molar-refractivity contribution in [2.45, 2.75) is 50.7 Å². The second-order valence-electron chi connectivity index (χ2n) is 8.01. The highest BCUT2D eigenvalue weighted by Crippen LogP contribution is 2.29. The third-order valence-corrected chi connectivity index (χ3v) is 6.70. The van der Waals surface area contributed by atoms with E-state index in [4.69, 9.17) is 9.15 Å². The van der Waals surface area contributed by atoms with Gasteiger partial charge in [-0.2, -0.15) is 0 Å². The summed E-state index contributed by atoms with van der Waals surface area (Å²) in [6, 6.07) is 13.9. The molecule has 0 spiro atoms. The lowest BCUT2D eigenvalue weighted by atomic mass is 9.94. The molecule has 1 saturated carbocycles. The molecule has 1 aliphatic rings. The van der Waals surface area contributed by atoms with Crippen molar-refractivity contribution in [3.8, 4) is 5.75 Å². The number of carbonyl (C=O) groups excluding carboxylic acids is 2. The number of nitrogens with zero attached hydrogens (tertiary/aromatic N) is 1. The minimum atomic E-state index is -0.789. The summed E-state index contributed by atoms with van der Waals surface area (Å²) in [6.45, 7) is 0.193. The van der Waals surface area contributed by atoms with Crippen molar-refractivity contribution in [3.63, 3.8) is 0 Å². The molecule has 32 heavy (non-hydrogen) atoms. The Morgan fingerprint density at radius 3 is 2.53 bits per heavy atom. The molecule has 2 amide bonds. The van der Waals surface area contributed by atoms with Gasteiger partial charge in [-0.3, -0.25) is 9.59 Å². The number of benzene rings is 1. The average molecular weight is 453 g/mol. The van der Waals surface area contributed by atoms with Crippen molar-refractivity contribution in [1.82, 2.24) is 10.2 Å². The molecule has 3 aromatic rings. The second kappa shape index (κ2) is 10.5. The Hall–Kier alpha value is -3.06. The average Bonchev–Trinajstić information content (AvgIpc) is 3.54. The van der Waals surface area contributed by atoms with Crippen LogP contribution in [0.4, 0.5) is 0 Å². The van der Waals surface area contributed by atoms with E-state index in [1.807, 2.05) is 41.8 Å². The molecule has 0 aliphatic heterocycles. The Morgan fingerprint density at radius 1 is 1.12 bits per heavy atom. The van der Waals surface area contributed by atoms with Crippen LogP contribution in [0.2, 0.25) is 0 Å². The van der Waals surface area contributed by atoms with Gasteiger partial charge in [0.15, 0.2) is 0 Å². The molecule has 0 bridgehead atoms. The molecular weight excluding hydrogens is 424 g/mol. The van der Waals surface area contributed by atoms with Gasteiger partial charge in [0.2, 0.25) is 5.91 Å². The van der Waals surface area contributed by atoms with Crippen molar-refractivity contribution < 1.29 is 18.7 Å². The van der Waals surface area contributed by atoms with Gasteiger partial charge in [-0.1, -0.05) is 37.5 Å². The third-order valence-electron chi connectivity index (χ3n) is 5.84. The molecule has 168 valence electrons. The number of carbonyl (C=O) groups is 2. The summed E-state index contributed by atoms with van der Waals surface area (Å²) in [5, 5.41) is 5.08. The van der Waals surface area contributed by atoms with Gasteiger partial charge in [0.1, 0.15) is 17.6 Å². The van der Waals surface area contributed by atoms with Gasteiger partial charge in [-0.15, -0.1) is 11.3 Å². The first-order chi connectivity index (χ1) is 15.7. The van der Waals surface area contributed by atoms with E-state index in [9.17, 15) is 9.59 Å². The largest absolute Gasteiger partial charge is 0.497 e. The fourth-order valence-corrected chi connectivity index (χ4v) is 4.86. The van der Waals surface area contributed by atoms with Crippen LogP contribution < -0.4 is 10.1 Å². The van der Waals surface area contributed by atoms with E-state index in [2.05, 4.69) is 5.32 Å². The number of thiophene rings is 1. The van der Waals surface area contributed by atoms with Gasteiger partial charge in [-0.05, 0) is 54.1 Å². The summed E-state index contributed by atoms with van der Waals surface area (Å²) in [4.78, 5) is 29.4. The van der Waals surface area contributed by atoms with Crippen LogP contribution in [-0.2, 0) is 11.3 Å². The van der Waals surface area contributed by atoms with Gasteiger partial charge in [-0.25, -0.2) is 0 Å². The molecule has 1 N–H and O–H groups in total. The van der Waals surface area contributed by atoms with Gasteiger partial charge in [0.05, 0.1) is 24.8 Å². The third kappa shape index (κ3) is 5.22. The van der Waals surface area contributed by atoms with Crippen LogP contribution in [-0.4, -0.2) is 29.9 Å². The van der Waals surface area contributed by atoms with Crippen LogP contribution in [0.25, 0.3) is 0 Å². The van der Waals surface area contributed by atoms with E-state index in [1.165, 1.54) is 17.8 Å². The van der Waals surface area contributed by atoms with E-state index in [1.54, 1.807) is 30.4 Å². The van der Waals surface area contributed by atoms with E-state index in [-0.39, 0.29) is 24.4 Å². The first kappa shape index (κ1) is 22.1. The van der Waals surface area contributed by atoms with Gasteiger partial charge in [0, 0.05) is 6.04 Å². The minimum Gasteiger partial charge on any atom is -0.497 e. The normalized spacial score (nSPS) is 15.2. The molecule has 4 rings (SSSR count). The van der Waals surface area contributed by atoms with Gasteiger partial charge < -0.3 is 19.4 Å². The van der Waals surface area contributed by atoms with E-state index in [0.29, 0.717) is 16.4 Å². The molecule has 6 nitrogen and oxygen atoms in total. The first-order valence-corrected chi connectivity index (χ1v) is 11.8. The second-order valence-corrected chi connectivity index (χ2v) is 8.96. The molecule has 7 heteroatoms. The molecule has 2 aromatic heterocycles. The van der Waals surface area contributed by atoms with Crippen LogP contribution in [0.3, 0.4) is 0 Å². The van der Waals surface area contributed by atoms with Crippen LogP contribution in [0, 0.1) is 0 Å². The Labute approximate surface area is 192 Å². The van der Waals surface area contributed by atoms with E-state index >= 15 is 0 Å². The van der Waals surface area contributed by atoms with E-state index in [0.717, 1.165) is 31.2 Å². The monoisotopic (exact) mass is 452 g/mol. The summed E-state index contributed by atoms with van der Waals surface area (Å²) in [7, 11) is 1.60. The van der Waals surface area contributed by atoms with Crippen LogP contribution >= 0.6 is 11.3 Å². The summed E-state index contributed by atoms with van der Waals surface area (Å²) in [5.74, 6) is 0.954. The maximum atomic E-state index is 13.6. The van der Waals surface area contributed by atoms with Gasteiger partial charge >= 0.3 is 0 Å². The predicted octanol–water partition coefficient (Wildman–Crippen LogP) is 5.18. The lowest BCUT2D eigenvalue weighted by Crippen LogP contribution is -2.46. The Kier molecular flexibility index (Phi) is 7.27. The quantitative estimate of drug-likeness (QED) is 0.511. The zero-order valence-electron chi connectivity index (χ0n) is 18.2. The number of hydrogen-bond acceptors (Lipinski definition) is 5. The predicted molar refractivity (Wildman–Crippen MR) is 124 cm³/mol. The number of furan rings is 1. The Morgan fingerprint density at radius 2 is 1.91 bits per heavy atom. The number of ether oxygens (including phenoxy) is 1. The van der Waals surface area contributed by atoms with Crippen LogP contribution in [0.1, 0.15) is 59.1 Å². The number of methoxy groups -OCH3 is 1. The van der Waals surface area contributed by atoms with Crippen molar-refractivity contribution in [3.05, 3.63) is 76.4 Å². The fraction of sp³-hybridized carbons (Fsp3) is 0.360. The van der Waals surface area contributed by atoms with E-state index < -0.39 is 6.04 Å². The standard InChI is InChI=1S/C25H28N2O4S/c1-30-20-13-11-18(12-14-20)23(24(28)26-19-7-3-2-4-8-19)27(17-21-9-5-15-31-21)25(29)22-10-6-16-32-22/h5-6,9-16,19,23H,2-4,7-8,17H2,1H3,(H,26,28)/t23-/m1/s1. The summed E-state index contributed by atoms with van der Waals surface area (Å²) in [5.41, 5.74) is 0.732. The van der Waals surface area contributed by atoms with Crippen LogP contribution in [0.5, 0.6) is 5.75 Å². The zero-order valence-corrected chi connectivity index (χ0v) is 19.0. The highest BCUT2D eigenvalue weighted by molar-refractivity contribution is 7.12. The lowest BCUT2D eigenvalue weighted by Gasteiger charge is -2.32. The molecule has 1 atom stereocenters. The molecule has 1 fully saturated rings. The molecule has 0 saturated heterocycles. The highest BCUT2D eigenvalue weighted by atomic mass is 32.1. The SMILES string of the molecule is COc1ccc([C@H](C(=O)NC2CCCCC2)N(Cc2ccco2)C(=O)c2cccs2)cc1. The molecule has 1 aromatic carbocycles. The van der Waals surface area contributed by atoms with Crippen molar-refractivity contribution >= 4 is 23.2 Å². The van der Waals surface area contributed by atoms with Crippen molar-refractivity contribution in [2.24, 2.45) is 0 Å². The fourth-order valence-electron chi connectivity index (χ4n) is 4.18. The number of hydrogen-bond donors (Lipinski definition) is 1.